The van der Waals surface area contributed by atoms with Crippen LogP contribution in [0.5, 0.6) is 0 Å². The fourth-order valence-electron chi connectivity index (χ4n) is 6.66. The van der Waals surface area contributed by atoms with Gasteiger partial charge < -0.3 is 29.8 Å². The van der Waals surface area contributed by atoms with Crippen molar-refractivity contribution in [3.63, 3.8) is 0 Å². The van der Waals surface area contributed by atoms with Gasteiger partial charge in [0.1, 0.15) is 17.7 Å². The summed E-state index contributed by atoms with van der Waals surface area (Å²) in [5, 5.41) is 2.69. The molecule has 0 aliphatic carbocycles. The van der Waals surface area contributed by atoms with Crippen molar-refractivity contribution >= 4 is 28.9 Å². The van der Waals surface area contributed by atoms with Crippen LogP contribution < -0.4 is 5.32 Å². The number of hydrogen-bond acceptors (Lipinski definition) is 6. The number of benzene rings is 2. The fraction of sp³-hybridized carbons (Fsp3) is 0.441. The predicted octanol–water partition coefficient (Wildman–Crippen LogP) is 5.27. The van der Waals surface area contributed by atoms with E-state index >= 15 is 0 Å². The molecule has 3 atom stereocenters. The Morgan fingerprint density at radius 2 is 1.64 bits per heavy atom. The number of ether oxygens (including phenoxy) is 1. The summed E-state index contributed by atoms with van der Waals surface area (Å²) in [4.78, 5) is 57.5. The number of aromatic amines is 2. The third kappa shape index (κ3) is 6.29. The van der Waals surface area contributed by atoms with E-state index in [2.05, 4.69) is 56.7 Å². The van der Waals surface area contributed by atoms with Crippen LogP contribution in [0.25, 0.3) is 22.2 Å². The standard InChI is InChI=1S/C34H41N7O4/c1-20(2)30(39-34(44)45-4)33(43)41-16-6-7-28(41)31-35-19-25(36-31)17-22-9-11-23(12-10-22)24-13-14-26-27(18-24)38-32(37-26)29-8-5-15-40(29)21(3)42/h9-14,18-20,28-30H,5-8,15-17H2,1-4H3,(H,35,36)(H,37,38)(H,39,44). The Morgan fingerprint density at radius 1 is 0.956 bits per heavy atom. The molecule has 0 bridgehead atoms. The summed E-state index contributed by atoms with van der Waals surface area (Å²) in [7, 11) is 1.30. The molecule has 3 amide bonds. The zero-order valence-electron chi connectivity index (χ0n) is 26.3. The van der Waals surface area contributed by atoms with Gasteiger partial charge in [0.15, 0.2) is 0 Å². The lowest BCUT2D eigenvalue weighted by molar-refractivity contribution is -0.135. The molecular formula is C34H41N7O4. The first kappa shape index (κ1) is 30.4. The molecular weight excluding hydrogens is 570 g/mol. The van der Waals surface area contributed by atoms with Crippen molar-refractivity contribution in [1.82, 2.24) is 35.1 Å². The second kappa shape index (κ2) is 12.7. The average Bonchev–Trinajstić information content (AvgIpc) is 3.85. The first-order valence-corrected chi connectivity index (χ1v) is 15.8. The highest BCUT2D eigenvalue weighted by Crippen LogP contribution is 2.33. The van der Waals surface area contributed by atoms with Crippen molar-refractivity contribution in [3.05, 3.63) is 71.6 Å². The molecule has 3 N–H and O–H groups in total. The first-order chi connectivity index (χ1) is 21.7. The second-order valence-corrected chi connectivity index (χ2v) is 12.4. The number of fused-ring (bicyclic) bond motifs is 1. The lowest BCUT2D eigenvalue weighted by Gasteiger charge is -2.30. The van der Waals surface area contributed by atoms with Gasteiger partial charge in [-0.25, -0.2) is 14.8 Å². The molecule has 45 heavy (non-hydrogen) atoms. The number of nitrogens with zero attached hydrogens (tertiary/aromatic N) is 4. The van der Waals surface area contributed by atoms with Crippen molar-refractivity contribution < 1.29 is 19.1 Å². The monoisotopic (exact) mass is 611 g/mol. The highest BCUT2D eigenvalue weighted by atomic mass is 16.5. The van der Waals surface area contributed by atoms with Crippen LogP contribution in [0.15, 0.2) is 48.7 Å². The maximum absolute atomic E-state index is 13.4. The van der Waals surface area contributed by atoms with E-state index in [9.17, 15) is 14.4 Å². The van der Waals surface area contributed by atoms with Crippen LogP contribution in [-0.4, -0.2) is 73.9 Å². The number of imidazole rings is 2. The van der Waals surface area contributed by atoms with Gasteiger partial charge >= 0.3 is 6.09 Å². The summed E-state index contributed by atoms with van der Waals surface area (Å²) >= 11 is 0. The molecule has 2 aromatic heterocycles. The molecule has 2 aliphatic heterocycles. The van der Waals surface area contributed by atoms with Crippen molar-refractivity contribution in [3.8, 4) is 11.1 Å². The van der Waals surface area contributed by atoms with Crippen molar-refractivity contribution in [2.24, 2.45) is 5.92 Å². The van der Waals surface area contributed by atoms with Gasteiger partial charge in [0, 0.05) is 38.3 Å². The van der Waals surface area contributed by atoms with Crippen LogP contribution in [-0.2, 0) is 20.7 Å². The van der Waals surface area contributed by atoms with Crippen LogP contribution in [0.2, 0.25) is 0 Å². The Labute approximate surface area is 262 Å². The summed E-state index contributed by atoms with van der Waals surface area (Å²) in [6.07, 6.45) is 5.53. The van der Waals surface area contributed by atoms with E-state index in [-0.39, 0.29) is 29.8 Å². The minimum Gasteiger partial charge on any atom is -0.453 e. The van der Waals surface area contributed by atoms with Gasteiger partial charge in [-0.15, -0.1) is 0 Å². The van der Waals surface area contributed by atoms with Crippen LogP contribution >= 0.6 is 0 Å². The van der Waals surface area contributed by atoms with Crippen LogP contribution in [0.1, 0.15) is 81.4 Å². The van der Waals surface area contributed by atoms with E-state index in [0.29, 0.717) is 13.0 Å². The highest BCUT2D eigenvalue weighted by molar-refractivity contribution is 5.86. The third-order valence-corrected chi connectivity index (χ3v) is 9.05. The number of carbonyl (C=O) groups is 3. The maximum atomic E-state index is 13.4. The molecule has 11 nitrogen and oxygen atoms in total. The molecule has 4 heterocycles. The van der Waals surface area contributed by atoms with Gasteiger partial charge in [-0.3, -0.25) is 9.59 Å². The van der Waals surface area contributed by atoms with E-state index in [4.69, 9.17) is 9.72 Å². The first-order valence-electron chi connectivity index (χ1n) is 15.8. The quantitative estimate of drug-likeness (QED) is 0.248. The van der Waals surface area contributed by atoms with E-state index in [1.165, 1.54) is 7.11 Å². The molecule has 11 heteroatoms. The minimum absolute atomic E-state index is 0.0124. The summed E-state index contributed by atoms with van der Waals surface area (Å²) in [6.45, 7) is 6.84. The molecule has 0 radical (unpaired) electrons. The molecule has 4 aromatic rings. The number of methoxy groups -OCH3 is 1. The summed E-state index contributed by atoms with van der Waals surface area (Å²) in [5.41, 5.74) is 6.18. The van der Waals surface area contributed by atoms with Crippen molar-refractivity contribution in [1.29, 1.82) is 0 Å². The van der Waals surface area contributed by atoms with Crippen LogP contribution in [0, 0.1) is 5.92 Å². The number of alkyl carbamates (subject to hydrolysis) is 1. The topological polar surface area (TPSA) is 136 Å². The second-order valence-electron chi connectivity index (χ2n) is 12.4. The van der Waals surface area contributed by atoms with E-state index in [1.54, 1.807) is 6.92 Å². The molecule has 6 rings (SSSR count). The lowest BCUT2D eigenvalue weighted by atomic mass is 10.0. The average molecular weight is 612 g/mol. The number of carbonyl (C=O) groups excluding carboxylic acids is 3. The Balaban J connectivity index is 1.12. The molecule has 2 fully saturated rings. The van der Waals surface area contributed by atoms with Gasteiger partial charge in [0.25, 0.3) is 0 Å². The molecule has 3 unspecified atom stereocenters. The van der Waals surface area contributed by atoms with Gasteiger partial charge in [-0.05, 0) is 60.4 Å². The summed E-state index contributed by atoms with van der Waals surface area (Å²) < 4.78 is 4.74. The van der Waals surface area contributed by atoms with Gasteiger partial charge in [-0.2, -0.15) is 0 Å². The Morgan fingerprint density at radius 3 is 2.33 bits per heavy atom. The fourth-order valence-corrected chi connectivity index (χ4v) is 6.66. The zero-order valence-corrected chi connectivity index (χ0v) is 26.3. The van der Waals surface area contributed by atoms with Crippen LogP contribution in [0.4, 0.5) is 4.79 Å². The smallest absolute Gasteiger partial charge is 0.407 e. The molecule has 2 aliphatic rings. The molecule has 2 aromatic carbocycles. The minimum atomic E-state index is -0.661. The molecule has 0 spiro atoms. The SMILES string of the molecule is COC(=O)NC(C(=O)N1CCCC1c1ncc(Cc2ccc(-c3ccc4nc(C5CCCN5C(C)=O)[nH]c4c3)cc2)[nH]1)C(C)C. The highest BCUT2D eigenvalue weighted by Gasteiger charge is 2.37. The van der Waals surface area contributed by atoms with Crippen LogP contribution in [0.3, 0.4) is 0 Å². The Kier molecular flexibility index (Phi) is 8.60. The van der Waals surface area contributed by atoms with E-state index in [0.717, 1.165) is 77.3 Å². The third-order valence-electron chi connectivity index (χ3n) is 9.05. The maximum Gasteiger partial charge on any atom is 0.407 e. The molecule has 236 valence electrons. The van der Waals surface area contributed by atoms with Crippen molar-refractivity contribution in [2.75, 3.05) is 20.2 Å². The number of aromatic nitrogens is 4. The molecule has 2 saturated heterocycles. The van der Waals surface area contributed by atoms with Gasteiger partial charge in [0.2, 0.25) is 11.8 Å². The largest absolute Gasteiger partial charge is 0.453 e. The van der Waals surface area contributed by atoms with Crippen molar-refractivity contribution in [2.45, 2.75) is 71.0 Å². The zero-order chi connectivity index (χ0) is 31.7. The van der Waals surface area contributed by atoms with E-state index in [1.807, 2.05) is 35.9 Å². The summed E-state index contributed by atoms with van der Waals surface area (Å²) in [5.74, 6) is 1.51. The van der Waals surface area contributed by atoms with E-state index < -0.39 is 12.1 Å². The number of amides is 3. The lowest BCUT2D eigenvalue weighted by Crippen LogP contribution is -2.51. The predicted molar refractivity (Wildman–Crippen MR) is 170 cm³/mol. The number of likely N-dealkylation sites (tertiary alicyclic amines) is 2. The molecule has 0 saturated carbocycles. The number of H-pyrrole nitrogens is 2. The normalized spacial score (nSPS) is 19.0. The summed E-state index contributed by atoms with van der Waals surface area (Å²) in [6, 6.07) is 13.9. The number of rotatable bonds is 8. The number of hydrogen-bond donors (Lipinski definition) is 3. The van der Waals surface area contributed by atoms with Gasteiger partial charge in [-0.1, -0.05) is 44.2 Å². The number of nitrogens with one attached hydrogen (secondary N) is 3. The van der Waals surface area contributed by atoms with Gasteiger partial charge in [0.05, 0.1) is 30.2 Å². The Bertz CT molecular complexity index is 1690. The Hall–Kier alpha value is -4.67.